The number of nitrogens with one attached hydrogen (secondary N) is 1. The molecule has 1 aromatic rings. The van der Waals surface area contributed by atoms with E-state index in [9.17, 15) is 0 Å². The van der Waals surface area contributed by atoms with Crippen molar-refractivity contribution in [1.82, 2.24) is 4.98 Å². The second kappa shape index (κ2) is 5.10. The van der Waals surface area contributed by atoms with Crippen molar-refractivity contribution >= 4 is 17.4 Å². The Morgan fingerprint density at radius 3 is 2.71 bits per heavy atom. The molecule has 0 spiro atoms. The molecule has 1 heterocycles. The summed E-state index contributed by atoms with van der Waals surface area (Å²) in [5.41, 5.74) is 2.03. The molecule has 1 atom stereocenters. The molecule has 0 radical (unpaired) electrons. The van der Waals surface area contributed by atoms with Gasteiger partial charge >= 0.3 is 0 Å². The third-order valence-electron chi connectivity index (χ3n) is 1.98. The minimum absolute atomic E-state index is 0.392. The third-order valence-corrected chi connectivity index (χ3v) is 2.81. The fourth-order valence-corrected chi connectivity index (χ4v) is 1.33. The molecule has 0 fully saturated rings. The predicted molar refractivity (Wildman–Crippen MR) is 62.1 cm³/mol. The quantitative estimate of drug-likeness (QED) is 0.778. The number of ether oxygens (including phenoxy) is 1. The number of nitrogens with zero attached hydrogens (tertiary/aromatic N) is 1. The minimum atomic E-state index is 0.392. The molecule has 0 saturated heterocycles. The Bertz CT molecular complexity index is 304. The van der Waals surface area contributed by atoms with E-state index < -0.39 is 0 Å². The van der Waals surface area contributed by atoms with Crippen LogP contribution in [-0.2, 0) is 0 Å². The number of rotatable bonds is 4. The summed E-state index contributed by atoms with van der Waals surface area (Å²) >= 11 is 1.77. The van der Waals surface area contributed by atoms with E-state index in [0.29, 0.717) is 11.3 Å². The summed E-state index contributed by atoms with van der Waals surface area (Å²) < 4.78 is 5.04. The molecule has 0 saturated carbocycles. The first-order valence-corrected chi connectivity index (χ1v) is 5.77. The molecular weight excluding hydrogens is 196 g/mol. The number of hydrogen-bond donors (Lipinski definition) is 1. The van der Waals surface area contributed by atoms with Gasteiger partial charge in [-0.15, -0.1) is 11.8 Å². The number of aromatic nitrogens is 1. The average molecular weight is 212 g/mol. The second-order valence-corrected chi connectivity index (χ2v) is 4.19. The van der Waals surface area contributed by atoms with Crippen LogP contribution < -0.4 is 10.1 Å². The molecule has 78 valence electrons. The van der Waals surface area contributed by atoms with Crippen LogP contribution in [0, 0.1) is 6.92 Å². The molecule has 0 aliphatic heterocycles. The number of pyridine rings is 1. The summed E-state index contributed by atoms with van der Waals surface area (Å²) in [6.07, 6.45) is 2.07. The van der Waals surface area contributed by atoms with Gasteiger partial charge in [0.2, 0.25) is 5.88 Å². The summed E-state index contributed by atoms with van der Waals surface area (Å²) in [7, 11) is 1.62. The third kappa shape index (κ3) is 2.80. The van der Waals surface area contributed by atoms with Gasteiger partial charge in [0, 0.05) is 6.07 Å². The van der Waals surface area contributed by atoms with E-state index in [-0.39, 0.29) is 0 Å². The van der Waals surface area contributed by atoms with Crippen molar-refractivity contribution in [2.24, 2.45) is 0 Å². The molecule has 1 rings (SSSR count). The number of methoxy groups -OCH3 is 1. The van der Waals surface area contributed by atoms with Crippen molar-refractivity contribution in [1.29, 1.82) is 0 Å². The van der Waals surface area contributed by atoms with Crippen molar-refractivity contribution in [2.75, 3.05) is 18.7 Å². The Morgan fingerprint density at radius 2 is 2.21 bits per heavy atom. The van der Waals surface area contributed by atoms with Gasteiger partial charge in [-0.25, -0.2) is 4.98 Å². The van der Waals surface area contributed by atoms with Gasteiger partial charge in [0.25, 0.3) is 0 Å². The van der Waals surface area contributed by atoms with Crippen LogP contribution in [-0.4, -0.2) is 23.7 Å². The number of anilines is 1. The summed E-state index contributed by atoms with van der Waals surface area (Å²) in [5, 5.41) is 3.75. The lowest BCUT2D eigenvalue weighted by molar-refractivity contribution is 0.397. The minimum Gasteiger partial charge on any atom is -0.481 e. The largest absolute Gasteiger partial charge is 0.481 e. The Hall–Kier alpha value is -0.900. The van der Waals surface area contributed by atoms with E-state index in [4.69, 9.17) is 4.74 Å². The SMILES string of the molecule is COc1ccc(NC(C)SC)c(C)n1. The molecule has 3 nitrogen and oxygen atoms in total. The number of thioether (sulfide) groups is 1. The van der Waals surface area contributed by atoms with Crippen LogP contribution in [0.2, 0.25) is 0 Å². The van der Waals surface area contributed by atoms with Crippen molar-refractivity contribution < 1.29 is 4.74 Å². The van der Waals surface area contributed by atoms with Crippen LogP contribution in [0.15, 0.2) is 12.1 Å². The van der Waals surface area contributed by atoms with E-state index in [1.54, 1.807) is 18.9 Å². The molecular formula is C10H16N2OS. The van der Waals surface area contributed by atoms with Gasteiger partial charge in [-0.2, -0.15) is 0 Å². The summed E-state index contributed by atoms with van der Waals surface area (Å²) in [6, 6.07) is 3.86. The average Bonchev–Trinajstić information content (AvgIpc) is 2.20. The fourth-order valence-electron chi connectivity index (χ4n) is 1.08. The first-order valence-electron chi connectivity index (χ1n) is 4.48. The van der Waals surface area contributed by atoms with Crippen molar-refractivity contribution in [3.8, 4) is 5.88 Å². The highest BCUT2D eigenvalue weighted by Crippen LogP contribution is 2.19. The summed E-state index contributed by atoms with van der Waals surface area (Å²) in [6.45, 7) is 4.09. The van der Waals surface area contributed by atoms with Gasteiger partial charge in [-0.3, -0.25) is 0 Å². The maximum absolute atomic E-state index is 5.04. The predicted octanol–water partition coefficient (Wildman–Crippen LogP) is 2.52. The zero-order valence-corrected chi connectivity index (χ0v) is 9.81. The number of hydrogen-bond acceptors (Lipinski definition) is 4. The normalized spacial score (nSPS) is 12.3. The fraction of sp³-hybridized carbons (Fsp3) is 0.500. The lowest BCUT2D eigenvalue weighted by atomic mass is 10.3. The molecule has 0 aromatic carbocycles. The van der Waals surface area contributed by atoms with Crippen LogP contribution >= 0.6 is 11.8 Å². The lowest BCUT2D eigenvalue weighted by Crippen LogP contribution is -2.11. The standard InChI is InChI=1S/C10H16N2OS/c1-7-9(12-8(2)14-4)5-6-10(11-7)13-3/h5-6,8,12H,1-4H3. The highest BCUT2D eigenvalue weighted by molar-refractivity contribution is 7.99. The zero-order chi connectivity index (χ0) is 10.6. The molecule has 0 amide bonds. The smallest absolute Gasteiger partial charge is 0.213 e. The van der Waals surface area contributed by atoms with Gasteiger partial charge in [-0.05, 0) is 26.2 Å². The zero-order valence-electron chi connectivity index (χ0n) is 9.00. The summed E-state index contributed by atoms with van der Waals surface area (Å²) in [4.78, 5) is 4.28. The molecule has 1 unspecified atom stereocenters. The van der Waals surface area contributed by atoms with E-state index in [2.05, 4.69) is 23.5 Å². The molecule has 14 heavy (non-hydrogen) atoms. The van der Waals surface area contributed by atoms with Crippen LogP contribution in [0.25, 0.3) is 0 Å². The number of aryl methyl sites for hydroxylation is 1. The van der Waals surface area contributed by atoms with Gasteiger partial charge in [-0.1, -0.05) is 0 Å². The maximum Gasteiger partial charge on any atom is 0.213 e. The molecule has 1 aromatic heterocycles. The van der Waals surface area contributed by atoms with Gasteiger partial charge < -0.3 is 10.1 Å². The molecule has 1 N–H and O–H groups in total. The van der Waals surface area contributed by atoms with Crippen molar-refractivity contribution in [3.05, 3.63) is 17.8 Å². The maximum atomic E-state index is 5.04. The molecule has 0 aliphatic carbocycles. The van der Waals surface area contributed by atoms with E-state index >= 15 is 0 Å². The highest BCUT2D eigenvalue weighted by Gasteiger charge is 2.04. The van der Waals surface area contributed by atoms with E-state index in [1.165, 1.54) is 0 Å². The lowest BCUT2D eigenvalue weighted by Gasteiger charge is -2.14. The van der Waals surface area contributed by atoms with E-state index in [0.717, 1.165) is 11.4 Å². The van der Waals surface area contributed by atoms with Crippen molar-refractivity contribution in [3.63, 3.8) is 0 Å². The first-order chi connectivity index (χ1) is 6.67. The molecule has 4 heteroatoms. The monoisotopic (exact) mass is 212 g/mol. The highest BCUT2D eigenvalue weighted by atomic mass is 32.2. The van der Waals surface area contributed by atoms with Gasteiger partial charge in [0.15, 0.2) is 0 Å². The molecule has 0 bridgehead atoms. The summed E-state index contributed by atoms with van der Waals surface area (Å²) in [5.74, 6) is 0.657. The Labute approximate surface area is 89.3 Å². The Morgan fingerprint density at radius 1 is 1.50 bits per heavy atom. The van der Waals surface area contributed by atoms with E-state index in [1.807, 2.05) is 19.1 Å². The van der Waals surface area contributed by atoms with Crippen LogP contribution in [0.3, 0.4) is 0 Å². The first kappa shape index (κ1) is 11.2. The second-order valence-electron chi connectivity index (χ2n) is 3.01. The molecule has 0 aliphatic rings. The van der Waals surface area contributed by atoms with Crippen LogP contribution in [0.5, 0.6) is 5.88 Å². The van der Waals surface area contributed by atoms with Crippen LogP contribution in [0.4, 0.5) is 5.69 Å². The Balaban J connectivity index is 2.78. The van der Waals surface area contributed by atoms with Gasteiger partial charge in [0.1, 0.15) is 0 Å². The van der Waals surface area contributed by atoms with Crippen LogP contribution in [0.1, 0.15) is 12.6 Å². The van der Waals surface area contributed by atoms with Gasteiger partial charge in [0.05, 0.1) is 23.9 Å². The topological polar surface area (TPSA) is 34.1 Å². The van der Waals surface area contributed by atoms with Crippen molar-refractivity contribution in [2.45, 2.75) is 19.2 Å². The Kier molecular flexibility index (Phi) is 4.07.